The maximum atomic E-state index is 5.77. The number of anilines is 1. The summed E-state index contributed by atoms with van der Waals surface area (Å²) in [7, 11) is 0. The van der Waals surface area contributed by atoms with E-state index in [1.54, 1.807) is 17.5 Å². The minimum absolute atomic E-state index is 0.524. The lowest BCUT2D eigenvalue weighted by atomic mass is 10.2. The molecule has 0 aliphatic carbocycles. The largest absolute Gasteiger partial charge is 0.379 e. The Bertz CT molecular complexity index is 442. The molecular formula is C10H10ClN3S. The van der Waals surface area contributed by atoms with E-state index in [0.29, 0.717) is 5.15 Å². The number of hydrogen-bond acceptors (Lipinski definition) is 4. The molecule has 0 aliphatic rings. The second kappa shape index (κ2) is 4.59. The van der Waals surface area contributed by atoms with E-state index < -0.39 is 0 Å². The first-order valence-corrected chi connectivity index (χ1v) is 5.75. The molecule has 0 radical (unpaired) electrons. The van der Waals surface area contributed by atoms with E-state index >= 15 is 0 Å². The van der Waals surface area contributed by atoms with Crippen LogP contribution in [0.1, 0.15) is 10.4 Å². The molecule has 0 fully saturated rings. The number of aryl methyl sites for hydroxylation is 1. The molecule has 2 aromatic rings. The van der Waals surface area contributed by atoms with Gasteiger partial charge in [0.1, 0.15) is 5.15 Å². The summed E-state index contributed by atoms with van der Waals surface area (Å²) in [6.07, 6.45) is 3.61. The van der Waals surface area contributed by atoms with Crippen molar-refractivity contribution in [2.24, 2.45) is 0 Å². The zero-order chi connectivity index (χ0) is 10.7. The molecule has 2 heterocycles. The topological polar surface area (TPSA) is 37.8 Å². The minimum Gasteiger partial charge on any atom is -0.379 e. The van der Waals surface area contributed by atoms with Crippen LogP contribution in [0.25, 0.3) is 0 Å². The molecule has 15 heavy (non-hydrogen) atoms. The Morgan fingerprint density at radius 2 is 2.33 bits per heavy atom. The van der Waals surface area contributed by atoms with Gasteiger partial charge in [-0.1, -0.05) is 11.6 Å². The molecule has 3 nitrogen and oxygen atoms in total. The first kappa shape index (κ1) is 10.4. The smallest absolute Gasteiger partial charge is 0.129 e. The number of hydrogen-bond donors (Lipinski definition) is 1. The van der Waals surface area contributed by atoms with Crippen molar-refractivity contribution in [1.82, 2.24) is 9.97 Å². The first-order valence-electron chi connectivity index (χ1n) is 4.49. The lowest BCUT2D eigenvalue weighted by molar-refractivity contribution is 1.14. The number of nitrogens with zero attached hydrogens (tertiary/aromatic N) is 2. The second-order valence-electron chi connectivity index (χ2n) is 3.14. The Morgan fingerprint density at radius 3 is 3.00 bits per heavy atom. The first-order chi connectivity index (χ1) is 7.25. The third-order valence-corrected chi connectivity index (χ3v) is 3.00. The van der Waals surface area contributed by atoms with E-state index in [4.69, 9.17) is 11.6 Å². The van der Waals surface area contributed by atoms with E-state index in [-0.39, 0.29) is 0 Å². The minimum atomic E-state index is 0.524. The molecule has 2 rings (SSSR count). The van der Waals surface area contributed by atoms with Crippen LogP contribution in [0.5, 0.6) is 0 Å². The predicted molar refractivity (Wildman–Crippen MR) is 63.4 cm³/mol. The highest BCUT2D eigenvalue weighted by molar-refractivity contribution is 7.09. The fraction of sp³-hybridized carbons (Fsp3) is 0.200. The van der Waals surface area contributed by atoms with Crippen molar-refractivity contribution in [3.63, 3.8) is 0 Å². The highest BCUT2D eigenvalue weighted by Gasteiger charge is 2.00. The molecule has 0 amide bonds. The molecule has 78 valence electrons. The zero-order valence-corrected chi connectivity index (χ0v) is 9.77. The Morgan fingerprint density at radius 1 is 1.47 bits per heavy atom. The summed E-state index contributed by atoms with van der Waals surface area (Å²) in [5, 5.41) is 3.82. The van der Waals surface area contributed by atoms with Crippen LogP contribution in [-0.4, -0.2) is 9.97 Å². The van der Waals surface area contributed by atoms with Gasteiger partial charge in [-0.25, -0.2) is 4.98 Å². The van der Waals surface area contributed by atoms with Gasteiger partial charge in [0, 0.05) is 11.1 Å². The molecule has 0 aromatic carbocycles. The Balaban J connectivity index is 2.05. The number of pyridine rings is 1. The fourth-order valence-corrected chi connectivity index (χ4v) is 1.97. The molecule has 0 spiro atoms. The van der Waals surface area contributed by atoms with Crippen LogP contribution in [0.2, 0.25) is 5.15 Å². The Labute approximate surface area is 97.2 Å². The maximum absolute atomic E-state index is 5.77. The van der Waals surface area contributed by atoms with Crippen LogP contribution in [0.4, 0.5) is 5.69 Å². The number of aromatic nitrogens is 2. The number of thiazole rings is 1. The highest BCUT2D eigenvalue weighted by Crippen LogP contribution is 2.18. The van der Waals surface area contributed by atoms with Crippen molar-refractivity contribution in [2.45, 2.75) is 13.5 Å². The van der Waals surface area contributed by atoms with Gasteiger partial charge in [0.15, 0.2) is 0 Å². The van der Waals surface area contributed by atoms with Crippen LogP contribution in [0, 0.1) is 6.92 Å². The molecule has 0 bridgehead atoms. The van der Waals surface area contributed by atoms with Gasteiger partial charge in [-0.3, -0.25) is 4.98 Å². The quantitative estimate of drug-likeness (QED) is 0.837. The Hall–Kier alpha value is -1.13. The van der Waals surface area contributed by atoms with E-state index in [2.05, 4.69) is 15.3 Å². The van der Waals surface area contributed by atoms with Gasteiger partial charge in [-0.05, 0) is 18.6 Å². The molecule has 0 aliphatic heterocycles. The summed E-state index contributed by atoms with van der Waals surface area (Å²) in [5.74, 6) is 0. The summed E-state index contributed by atoms with van der Waals surface area (Å²) in [6, 6.07) is 1.84. The third-order valence-electron chi connectivity index (χ3n) is 2.01. The van der Waals surface area contributed by atoms with Crippen LogP contribution in [-0.2, 0) is 6.54 Å². The van der Waals surface area contributed by atoms with Gasteiger partial charge in [0.2, 0.25) is 0 Å². The van der Waals surface area contributed by atoms with Crippen LogP contribution >= 0.6 is 22.9 Å². The van der Waals surface area contributed by atoms with Gasteiger partial charge >= 0.3 is 0 Å². The van der Waals surface area contributed by atoms with E-state index in [9.17, 15) is 0 Å². The van der Waals surface area contributed by atoms with E-state index in [1.807, 2.05) is 24.7 Å². The summed E-state index contributed by atoms with van der Waals surface area (Å²) >= 11 is 7.40. The van der Waals surface area contributed by atoms with Gasteiger partial charge in [-0.2, -0.15) is 0 Å². The molecule has 0 saturated heterocycles. The SMILES string of the molecule is Cc1cc(Cl)ncc1NCc1cncs1. The van der Waals surface area contributed by atoms with Crippen molar-refractivity contribution in [2.75, 3.05) is 5.32 Å². The Kier molecular flexibility index (Phi) is 3.18. The monoisotopic (exact) mass is 239 g/mol. The highest BCUT2D eigenvalue weighted by atomic mass is 35.5. The molecule has 1 N–H and O–H groups in total. The summed E-state index contributed by atoms with van der Waals surface area (Å²) in [5.41, 5.74) is 3.93. The summed E-state index contributed by atoms with van der Waals surface area (Å²) in [6.45, 7) is 2.78. The van der Waals surface area contributed by atoms with Crippen LogP contribution in [0.3, 0.4) is 0 Å². The summed E-state index contributed by atoms with van der Waals surface area (Å²) in [4.78, 5) is 9.24. The van der Waals surface area contributed by atoms with Crippen molar-refractivity contribution in [1.29, 1.82) is 0 Å². The second-order valence-corrected chi connectivity index (χ2v) is 4.50. The maximum Gasteiger partial charge on any atom is 0.129 e. The lowest BCUT2D eigenvalue weighted by Crippen LogP contribution is -2.00. The molecule has 5 heteroatoms. The average molecular weight is 240 g/mol. The number of rotatable bonds is 3. The van der Waals surface area contributed by atoms with Crippen molar-refractivity contribution >= 4 is 28.6 Å². The van der Waals surface area contributed by atoms with Gasteiger partial charge in [-0.15, -0.1) is 11.3 Å². The summed E-state index contributed by atoms with van der Waals surface area (Å²) < 4.78 is 0. The molecule has 0 unspecified atom stereocenters. The molecule has 0 saturated carbocycles. The van der Waals surface area contributed by atoms with Gasteiger partial charge in [0.05, 0.1) is 23.9 Å². The predicted octanol–water partition coefficient (Wildman–Crippen LogP) is 3.11. The van der Waals surface area contributed by atoms with Crippen molar-refractivity contribution < 1.29 is 0 Å². The zero-order valence-electron chi connectivity index (χ0n) is 8.20. The molecular weight excluding hydrogens is 230 g/mol. The van der Waals surface area contributed by atoms with E-state index in [1.165, 1.54) is 4.88 Å². The number of nitrogens with one attached hydrogen (secondary N) is 1. The van der Waals surface area contributed by atoms with Gasteiger partial charge in [0.25, 0.3) is 0 Å². The fourth-order valence-electron chi connectivity index (χ4n) is 1.22. The van der Waals surface area contributed by atoms with Crippen LogP contribution in [0.15, 0.2) is 24.0 Å². The average Bonchev–Trinajstić information content (AvgIpc) is 2.69. The standard InChI is InChI=1S/C10H10ClN3S/c1-7-2-10(11)14-5-9(7)13-4-8-3-12-6-15-8/h2-3,5-6,13H,4H2,1H3. The van der Waals surface area contributed by atoms with Crippen LogP contribution < -0.4 is 5.32 Å². The van der Waals surface area contributed by atoms with Crippen molar-refractivity contribution in [3.05, 3.63) is 39.6 Å². The third kappa shape index (κ3) is 2.67. The van der Waals surface area contributed by atoms with Gasteiger partial charge < -0.3 is 5.32 Å². The van der Waals surface area contributed by atoms with E-state index in [0.717, 1.165) is 17.8 Å². The van der Waals surface area contributed by atoms with Crippen molar-refractivity contribution in [3.8, 4) is 0 Å². The normalized spacial score (nSPS) is 10.3. The lowest BCUT2D eigenvalue weighted by Gasteiger charge is -2.07. The number of halogens is 1. The molecule has 2 aromatic heterocycles. The molecule has 0 atom stereocenters.